The lowest BCUT2D eigenvalue weighted by Crippen LogP contribution is -2.26. The summed E-state index contributed by atoms with van der Waals surface area (Å²) in [6, 6.07) is 0. The maximum absolute atomic E-state index is 13.0. The zero-order valence-corrected chi connectivity index (χ0v) is 20.0. The molecule has 2 heterocycles. The van der Waals surface area contributed by atoms with Gasteiger partial charge in [0.15, 0.2) is 0 Å². The highest BCUT2D eigenvalue weighted by Gasteiger charge is 2.30. The Morgan fingerprint density at radius 3 is 2.59 bits per heavy atom. The van der Waals surface area contributed by atoms with Crippen LogP contribution >= 0.6 is 11.3 Å². The molecule has 0 bridgehead atoms. The highest BCUT2D eigenvalue weighted by Crippen LogP contribution is 2.39. The zero-order valence-electron chi connectivity index (χ0n) is 19.2. The Morgan fingerprint density at radius 1 is 1.28 bits per heavy atom. The Labute approximate surface area is 191 Å². The average molecular weight is 463 g/mol. The van der Waals surface area contributed by atoms with Gasteiger partial charge in [-0.25, -0.2) is 4.79 Å². The van der Waals surface area contributed by atoms with E-state index in [4.69, 9.17) is 4.74 Å². The number of anilines is 1. The van der Waals surface area contributed by atoms with Crippen LogP contribution in [0.15, 0.2) is 0 Å². The molecule has 10 heteroatoms. The predicted octanol–water partition coefficient (Wildman–Crippen LogP) is 4.58. The first kappa shape index (κ1) is 23.9. The van der Waals surface area contributed by atoms with Gasteiger partial charge in [-0.3, -0.25) is 19.6 Å². The van der Waals surface area contributed by atoms with E-state index in [1.807, 2.05) is 13.8 Å². The Morgan fingerprint density at radius 2 is 1.97 bits per heavy atom. The minimum atomic E-state index is -0.509. The van der Waals surface area contributed by atoms with E-state index in [1.165, 1.54) is 16.0 Å². The van der Waals surface area contributed by atoms with Gasteiger partial charge in [0.2, 0.25) is 5.91 Å². The molecule has 3 rings (SSSR count). The van der Waals surface area contributed by atoms with Gasteiger partial charge in [-0.05, 0) is 58.4 Å². The molecular weight excluding hydrogens is 432 g/mol. The molecule has 2 aromatic heterocycles. The Balaban J connectivity index is 1.81. The number of ether oxygens (including phenoxy) is 1. The maximum Gasteiger partial charge on any atom is 0.341 e. The van der Waals surface area contributed by atoms with E-state index >= 15 is 0 Å². The molecule has 0 aliphatic heterocycles. The summed E-state index contributed by atoms with van der Waals surface area (Å²) in [6.07, 6.45) is 4.28. The van der Waals surface area contributed by atoms with Crippen LogP contribution in [-0.4, -0.2) is 32.7 Å². The summed E-state index contributed by atoms with van der Waals surface area (Å²) in [5.74, 6) is -1.17. The number of carbonyl (C=O) groups is 2. The van der Waals surface area contributed by atoms with E-state index < -0.39 is 16.8 Å². The smallest absolute Gasteiger partial charge is 0.341 e. The fraction of sp³-hybridized carbons (Fsp3) is 0.591. The molecule has 0 aromatic carbocycles. The molecule has 174 valence electrons. The van der Waals surface area contributed by atoms with Crippen LogP contribution in [0.5, 0.6) is 0 Å². The molecule has 32 heavy (non-hydrogen) atoms. The van der Waals surface area contributed by atoms with E-state index in [0.29, 0.717) is 28.4 Å². The molecule has 1 aliphatic carbocycles. The number of nitrogens with zero attached hydrogens (tertiary/aromatic N) is 3. The minimum absolute atomic E-state index is 0.0291. The molecule has 0 saturated heterocycles. The molecule has 1 amide bonds. The third kappa shape index (κ3) is 4.85. The number of fused-ring (bicyclic) bond motifs is 1. The van der Waals surface area contributed by atoms with Crippen molar-refractivity contribution in [2.45, 2.75) is 79.4 Å². The van der Waals surface area contributed by atoms with Gasteiger partial charge in [-0.2, -0.15) is 5.10 Å². The van der Waals surface area contributed by atoms with Crippen LogP contribution in [0.4, 0.5) is 10.7 Å². The first-order chi connectivity index (χ1) is 15.1. The lowest BCUT2D eigenvalue weighted by molar-refractivity contribution is -0.386. The summed E-state index contributed by atoms with van der Waals surface area (Å²) in [7, 11) is 0. The average Bonchev–Trinajstić information content (AvgIpc) is 3.23. The largest absolute Gasteiger partial charge is 0.459 e. The van der Waals surface area contributed by atoms with Crippen molar-refractivity contribution in [3.63, 3.8) is 0 Å². The van der Waals surface area contributed by atoms with Gasteiger partial charge in [0.25, 0.3) is 0 Å². The second-order valence-corrected chi connectivity index (χ2v) is 9.49. The summed E-state index contributed by atoms with van der Waals surface area (Å²) in [6.45, 7) is 8.95. The predicted molar refractivity (Wildman–Crippen MR) is 122 cm³/mol. The third-order valence-electron chi connectivity index (χ3n) is 5.92. The van der Waals surface area contributed by atoms with Crippen LogP contribution in [0.1, 0.15) is 72.2 Å². The number of amides is 1. The minimum Gasteiger partial charge on any atom is -0.459 e. The summed E-state index contributed by atoms with van der Waals surface area (Å²) in [4.78, 5) is 37.8. The molecule has 2 unspecified atom stereocenters. The molecule has 9 nitrogen and oxygen atoms in total. The van der Waals surface area contributed by atoms with Crippen molar-refractivity contribution in [1.82, 2.24) is 9.78 Å². The van der Waals surface area contributed by atoms with Crippen molar-refractivity contribution < 1.29 is 19.2 Å². The van der Waals surface area contributed by atoms with Crippen molar-refractivity contribution >= 4 is 33.9 Å². The van der Waals surface area contributed by atoms with Gasteiger partial charge in [0.05, 0.1) is 29.1 Å². The molecule has 2 aromatic rings. The number of hydrogen-bond acceptors (Lipinski definition) is 7. The molecule has 2 atom stereocenters. The number of carbonyl (C=O) groups excluding carboxylic acids is 2. The van der Waals surface area contributed by atoms with Gasteiger partial charge in [-0.1, -0.05) is 13.8 Å². The van der Waals surface area contributed by atoms with E-state index in [9.17, 15) is 19.7 Å². The standard InChI is InChI=1S/C22H30N4O5S/c1-6-13(3)31-22(28)18-16-9-7-8-10-17(16)32-21(18)23-20(27)12(2)11-25-15(5)19(26(29)30)14(4)24-25/h12-13H,6-11H2,1-5H3,(H,23,27). The summed E-state index contributed by atoms with van der Waals surface area (Å²) in [5.41, 5.74) is 2.18. The number of nitrogens with one attached hydrogen (secondary N) is 1. The lowest BCUT2D eigenvalue weighted by Gasteiger charge is -2.16. The number of thiophene rings is 1. The van der Waals surface area contributed by atoms with Crippen LogP contribution < -0.4 is 5.32 Å². The maximum atomic E-state index is 13.0. The van der Waals surface area contributed by atoms with E-state index in [2.05, 4.69) is 10.4 Å². The summed E-state index contributed by atoms with van der Waals surface area (Å²) < 4.78 is 7.08. The molecule has 0 spiro atoms. The fourth-order valence-corrected chi connectivity index (χ4v) is 5.18. The van der Waals surface area contributed by atoms with Crippen molar-refractivity contribution in [2.24, 2.45) is 5.92 Å². The fourth-order valence-electron chi connectivity index (χ4n) is 3.90. The lowest BCUT2D eigenvalue weighted by atomic mass is 9.95. The highest BCUT2D eigenvalue weighted by atomic mass is 32.1. The van der Waals surface area contributed by atoms with Crippen LogP contribution in [0, 0.1) is 29.9 Å². The van der Waals surface area contributed by atoms with E-state index in [1.54, 1.807) is 20.8 Å². The van der Waals surface area contributed by atoms with Gasteiger partial charge in [0, 0.05) is 4.88 Å². The van der Waals surface area contributed by atoms with Gasteiger partial charge in [-0.15, -0.1) is 11.3 Å². The number of esters is 1. The SMILES string of the molecule is CCC(C)OC(=O)c1c(NC(=O)C(C)Cn2nc(C)c([N+](=O)[O-])c2C)sc2c1CCCC2. The van der Waals surface area contributed by atoms with Crippen molar-refractivity contribution in [1.29, 1.82) is 0 Å². The molecule has 0 radical (unpaired) electrons. The monoisotopic (exact) mass is 462 g/mol. The van der Waals surface area contributed by atoms with Crippen LogP contribution in [-0.2, 0) is 28.9 Å². The van der Waals surface area contributed by atoms with Gasteiger partial charge < -0.3 is 10.1 Å². The second-order valence-electron chi connectivity index (χ2n) is 8.39. The number of aryl methyl sites for hydroxylation is 2. The number of hydrogen-bond donors (Lipinski definition) is 1. The molecule has 0 fully saturated rings. The summed E-state index contributed by atoms with van der Waals surface area (Å²) in [5, 5.41) is 18.9. The number of aromatic nitrogens is 2. The molecule has 1 N–H and O–H groups in total. The topological polar surface area (TPSA) is 116 Å². The molecular formula is C22H30N4O5S. The molecule has 1 aliphatic rings. The number of rotatable bonds is 8. The van der Waals surface area contributed by atoms with Crippen molar-refractivity contribution in [3.8, 4) is 0 Å². The van der Waals surface area contributed by atoms with Crippen LogP contribution in [0.25, 0.3) is 0 Å². The first-order valence-corrected chi connectivity index (χ1v) is 11.8. The normalized spacial score (nSPS) is 15.0. The molecule has 0 saturated carbocycles. The first-order valence-electron chi connectivity index (χ1n) is 11.0. The zero-order chi connectivity index (χ0) is 23.6. The Kier molecular flexibility index (Phi) is 7.33. The van der Waals surface area contributed by atoms with Crippen LogP contribution in [0.3, 0.4) is 0 Å². The van der Waals surface area contributed by atoms with Gasteiger partial charge >= 0.3 is 11.7 Å². The quantitative estimate of drug-likeness (QED) is 0.349. The Hall–Kier alpha value is -2.75. The van der Waals surface area contributed by atoms with Gasteiger partial charge in [0.1, 0.15) is 16.4 Å². The van der Waals surface area contributed by atoms with Crippen molar-refractivity contribution in [2.75, 3.05) is 5.32 Å². The highest BCUT2D eigenvalue weighted by molar-refractivity contribution is 7.17. The Bertz CT molecular complexity index is 1040. The van der Waals surface area contributed by atoms with Crippen LogP contribution in [0.2, 0.25) is 0 Å². The second kappa shape index (κ2) is 9.81. The summed E-state index contributed by atoms with van der Waals surface area (Å²) >= 11 is 1.45. The van der Waals surface area contributed by atoms with E-state index in [-0.39, 0.29) is 24.2 Å². The van der Waals surface area contributed by atoms with E-state index in [0.717, 1.165) is 36.1 Å². The third-order valence-corrected chi connectivity index (χ3v) is 7.12. The number of nitro groups is 1. The van der Waals surface area contributed by atoms with Crippen molar-refractivity contribution in [3.05, 3.63) is 37.5 Å².